The molecule has 3 rings (SSSR count). The summed E-state index contributed by atoms with van der Waals surface area (Å²) in [5.41, 5.74) is 2.50. The van der Waals surface area contributed by atoms with Crippen LogP contribution < -0.4 is 9.47 Å². The zero-order chi connectivity index (χ0) is 22.4. The molecule has 0 aromatic heterocycles. The van der Waals surface area contributed by atoms with Crippen molar-refractivity contribution in [2.45, 2.75) is 32.6 Å². The van der Waals surface area contributed by atoms with Gasteiger partial charge in [0.25, 0.3) is 0 Å². The molecular formula is C26H28O5. The van der Waals surface area contributed by atoms with Gasteiger partial charge in [-0.05, 0) is 54.4 Å². The third-order valence-corrected chi connectivity index (χ3v) is 5.37. The third-order valence-electron chi connectivity index (χ3n) is 5.37. The number of carboxylic acids is 1. The van der Waals surface area contributed by atoms with Crippen molar-refractivity contribution < 1.29 is 24.5 Å². The van der Waals surface area contributed by atoms with Crippen molar-refractivity contribution in [1.82, 2.24) is 0 Å². The number of benzene rings is 3. The SMILES string of the molecule is Cc1ccc(OCCCOc2ccc(C(C)(C)c3ccc(O)c(C(=O)O)c3)cc2)cc1. The number of rotatable bonds is 9. The summed E-state index contributed by atoms with van der Waals surface area (Å²) in [6.07, 6.45) is 0.770. The summed E-state index contributed by atoms with van der Waals surface area (Å²) < 4.78 is 11.5. The summed E-state index contributed by atoms with van der Waals surface area (Å²) in [4.78, 5) is 11.3. The van der Waals surface area contributed by atoms with Gasteiger partial charge in [-0.2, -0.15) is 0 Å². The van der Waals surface area contributed by atoms with Gasteiger partial charge >= 0.3 is 5.97 Å². The molecular weight excluding hydrogens is 392 g/mol. The third kappa shape index (κ3) is 5.57. The monoisotopic (exact) mass is 420 g/mol. The molecule has 0 fully saturated rings. The summed E-state index contributed by atoms with van der Waals surface area (Å²) >= 11 is 0. The van der Waals surface area contributed by atoms with Gasteiger partial charge in [0.15, 0.2) is 0 Å². The predicted molar refractivity (Wildman–Crippen MR) is 120 cm³/mol. The van der Waals surface area contributed by atoms with Gasteiger partial charge < -0.3 is 19.7 Å². The second kappa shape index (κ2) is 9.56. The van der Waals surface area contributed by atoms with E-state index in [0.29, 0.717) is 13.2 Å². The maximum absolute atomic E-state index is 11.3. The molecule has 0 radical (unpaired) electrons. The highest BCUT2D eigenvalue weighted by molar-refractivity contribution is 5.91. The van der Waals surface area contributed by atoms with Crippen LogP contribution in [0, 0.1) is 6.92 Å². The highest BCUT2D eigenvalue weighted by Crippen LogP contribution is 2.34. The number of carbonyl (C=O) groups is 1. The minimum Gasteiger partial charge on any atom is -0.507 e. The van der Waals surface area contributed by atoms with Crippen LogP contribution in [-0.2, 0) is 5.41 Å². The van der Waals surface area contributed by atoms with Crippen molar-refractivity contribution in [2.75, 3.05) is 13.2 Å². The Hall–Kier alpha value is -3.47. The fourth-order valence-electron chi connectivity index (χ4n) is 3.30. The Kier molecular flexibility index (Phi) is 6.85. The number of aryl methyl sites for hydroxylation is 1. The molecule has 31 heavy (non-hydrogen) atoms. The molecule has 0 unspecified atom stereocenters. The summed E-state index contributed by atoms with van der Waals surface area (Å²) in [7, 11) is 0. The van der Waals surface area contributed by atoms with E-state index in [0.717, 1.165) is 29.0 Å². The Morgan fingerprint density at radius 3 is 1.90 bits per heavy atom. The zero-order valence-corrected chi connectivity index (χ0v) is 18.1. The lowest BCUT2D eigenvalue weighted by atomic mass is 9.77. The minimum absolute atomic E-state index is 0.0987. The molecule has 0 amide bonds. The van der Waals surface area contributed by atoms with Crippen molar-refractivity contribution in [3.05, 3.63) is 89.0 Å². The average Bonchev–Trinajstić information content (AvgIpc) is 2.75. The van der Waals surface area contributed by atoms with Gasteiger partial charge in [-0.3, -0.25) is 0 Å². The van der Waals surface area contributed by atoms with Gasteiger partial charge in [0.1, 0.15) is 22.8 Å². The van der Waals surface area contributed by atoms with Crippen LogP contribution in [0.1, 0.15) is 47.3 Å². The van der Waals surface area contributed by atoms with E-state index in [-0.39, 0.29) is 11.3 Å². The predicted octanol–water partition coefficient (Wildman–Crippen LogP) is 5.57. The maximum atomic E-state index is 11.3. The first kappa shape index (κ1) is 22.2. The van der Waals surface area contributed by atoms with Gasteiger partial charge in [0.05, 0.1) is 13.2 Å². The smallest absolute Gasteiger partial charge is 0.339 e. The molecule has 0 saturated carbocycles. The second-order valence-corrected chi connectivity index (χ2v) is 8.05. The maximum Gasteiger partial charge on any atom is 0.339 e. The van der Waals surface area contributed by atoms with E-state index in [1.165, 1.54) is 17.7 Å². The Bertz CT molecular complexity index is 1020. The molecule has 5 nitrogen and oxygen atoms in total. The first-order valence-corrected chi connectivity index (χ1v) is 10.3. The summed E-state index contributed by atoms with van der Waals surface area (Å²) in [5.74, 6) is 0.247. The normalized spacial score (nSPS) is 11.2. The van der Waals surface area contributed by atoms with E-state index in [1.807, 2.05) is 69.3 Å². The van der Waals surface area contributed by atoms with Crippen LogP contribution >= 0.6 is 0 Å². The number of phenols is 1. The van der Waals surface area contributed by atoms with E-state index < -0.39 is 11.4 Å². The highest BCUT2D eigenvalue weighted by atomic mass is 16.5. The number of aromatic carboxylic acids is 1. The Balaban J connectivity index is 1.56. The van der Waals surface area contributed by atoms with Crippen molar-refractivity contribution in [2.24, 2.45) is 0 Å². The topological polar surface area (TPSA) is 76.0 Å². The Morgan fingerprint density at radius 2 is 1.35 bits per heavy atom. The molecule has 0 saturated heterocycles. The summed E-state index contributed by atoms with van der Waals surface area (Å²) in [6, 6.07) is 20.5. The van der Waals surface area contributed by atoms with E-state index in [9.17, 15) is 15.0 Å². The molecule has 0 spiro atoms. The number of carboxylic acid groups (broad SMARTS) is 1. The van der Waals surface area contributed by atoms with Crippen molar-refractivity contribution >= 4 is 5.97 Å². The molecule has 162 valence electrons. The largest absolute Gasteiger partial charge is 0.507 e. The van der Waals surface area contributed by atoms with Crippen LogP contribution in [0.4, 0.5) is 0 Å². The lowest BCUT2D eigenvalue weighted by Crippen LogP contribution is -2.19. The first-order valence-electron chi connectivity index (χ1n) is 10.3. The molecule has 3 aromatic carbocycles. The van der Waals surface area contributed by atoms with Gasteiger partial charge in [-0.15, -0.1) is 0 Å². The molecule has 2 N–H and O–H groups in total. The van der Waals surface area contributed by atoms with E-state index >= 15 is 0 Å². The number of aromatic hydroxyl groups is 1. The van der Waals surface area contributed by atoms with Crippen LogP contribution in [0.5, 0.6) is 17.2 Å². The van der Waals surface area contributed by atoms with Gasteiger partial charge in [0.2, 0.25) is 0 Å². The van der Waals surface area contributed by atoms with Crippen LogP contribution in [0.15, 0.2) is 66.7 Å². The fourth-order valence-corrected chi connectivity index (χ4v) is 3.30. The molecule has 5 heteroatoms. The molecule has 0 aliphatic heterocycles. The van der Waals surface area contributed by atoms with Gasteiger partial charge in [-0.25, -0.2) is 4.79 Å². The molecule has 0 aliphatic carbocycles. The highest BCUT2D eigenvalue weighted by Gasteiger charge is 2.25. The van der Waals surface area contributed by atoms with Crippen LogP contribution in [0.2, 0.25) is 0 Å². The molecule has 0 aliphatic rings. The van der Waals surface area contributed by atoms with E-state index in [4.69, 9.17) is 9.47 Å². The van der Waals surface area contributed by atoms with E-state index in [2.05, 4.69) is 0 Å². The zero-order valence-electron chi connectivity index (χ0n) is 18.1. The quantitative estimate of drug-likeness (QED) is 0.443. The first-order chi connectivity index (χ1) is 14.8. The molecule has 0 bridgehead atoms. The average molecular weight is 421 g/mol. The van der Waals surface area contributed by atoms with Crippen LogP contribution in [0.25, 0.3) is 0 Å². The van der Waals surface area contributed by atoms with Gasteiger partial charge in [0, 0.05) is 11.8 Å². The minimum atomic E-state index is -1.15. The fraction of sp³-hybridized carbons (Fsp3) is 0.269. The van der Waals surface area contributed by atoms with E-state index in [1.54, 1.807) is 6.07 Å². The molecule has 3 aromatic rings. The van der Waals surface area contributed by atoms with Crippen molar-refractivity contribution in [3.8, 4) is 17.2 Å². The summed E-state index contributed by atoms with van der Waals surface area (Å²) in [6.45, 7) is 7.21. The number of hydrogen-bond acceptors (Lipinski definition) is 4. The van der Waals surface area contributed by atoms with Crippen LogP contribution in [0.3, 0.4) is 0 Å². The molecule has 0 atom stereocenters. The lowest BCUT2D eigenvalue weighted by molar-refractivity contribution is 0.0693. The second-order valence-electron chi connectivity index (χ2n) is 8.05. The van der Waals surface area contributed by atoms with Crippen molar-refractivity contribution in [1.29, 1.82) is 0 Å². The summed E-state index contributed by atoms with van der Waals surface area (Å²) in [5, 5.41) is 19.0. The molecule has 0 heterocycles. The number of ether oxygens (including phenoxy) is 2. The van der Waals surface area contributed by atoms with Crippen LogP contribution in [-0.4, -0.2) is 29.4 Å². The van der Waals surface area contributed by atoms with Gasteiger partial charge in [-0.1, -0.05) is 49.7 Å². The Morgan fingerprint density at radius 1 is 0.839 bits per heavy atom. The number of hydrogen-bond donors (Lipinski definition) is 2. The standard InChI is InChI=1S/C26H28O5/c1-18-5-10-21(11-6-18)30-15-4-16-31-22-12-7-19(8-13-22)26(2,3)20-9-14-24(27)23(17-20)25(28)29/h5-14,17,27H,4,15-16H2,1-3H3,(H,28,29). The Labute approximate surface area is 182 Å². The lowest BCUT2D eigenvalue weighted by Gasteiger charge is -2.27. The van der Waals surface area contributed by atoms with Crippen molar-refractivity contribution in [3.63, 3.8) is 0 Å².